The first-order chi connectivity index (χ1) is 32.0. The smallest absolute Gasteiger partial charge is 0.114 e. The standard InChI is InChI=1S/C60H93N3Si2/c1-44-40-45(2)57(46(3)41-44)60-62-58(47-24-22-38-55(42-47)64(49-26-10-4-11-27-49,50-28-12-5-13-29-50)51-30-14-6-15-31-51)61-59(63-60)48-25-23-39-56(43-48)65(52-32-16-7-17-33-52,53-34-18-8-19-35-53)54-36-20-9-21-37-54/h4,10,16,28,32,40-42,47-49,51-54,56,58,60,62H,5-9,11-15,17-27,29-31,33-39,43H2,1-3H3,(H,61,63). The Bertz CT molecular complexity index is 1880. The summed E-state index contributed by atoms with van der Waals surface area (Å²) >= 11 is 0. The Morgan fingerprint density at radius 1 is 0.554 bits per heavy atom. The molecule has 1 aromatic carbocycles. The van der Waals surface area contributed by atoms with Crippen molar-refractivity contribution in [2.75, 3.05) is 0 Å². The molecule has 2 N–H and O–H groups in total. The van der Waals surface area contributed by atoms with E-state index in [1.807, 2.05) is 10.4 Å². The Morgan fingerprint density at radius 3 is 1.89 bits per heavy atom. The van der Waals surface area contributed by atoms with E-state index >= 15 is 0 Å². The molecule has 0 aromatic heterocycles. The molecule has 1 aliphatic heterocycles. The Morgan fingerprint density at radius 2 is 1.25 bits per heavy atom. The third-order valence-electron chi connectivity index (χ3n) is 20.5. The molecule has 0 spiro atoms. The van der Waals surface area contributed by atoms with Gasteiger partial charge in [-0.2, -0.15) is 0 Å². The minimum atomic E-state index is -1.95. The highest BCUT2D eigenvalue weighted by atomic mass is 28.3. The molecular formula is C60H93N3Si2. The normalized spacial score (nSPS) is 33.6. The Kier molecular flexibility index (Phi) is 15.4. The molecule has 0 amide bonds. The molecule has 356 valence electrons. The van der Waals surface area contributed by atoms with Gasteiger partial charge in [0.05, 0.1) is 8.07 Å². The number of hydrogen-bond acceptors (Lipinski definition) is 3. The fourth-order valence-corrected chi connectivity index (χ4v) is 35.2. The van der Waals surface area contributed by atoms with E-state index in [0.29, 0.717) is 11.8 Å². The van der Waals surface area contributed by atoms with Gasteiger partial charge in [-0.15, -0.1) is 0 Å². The average Bonchev–Trinajstić information content (AvgIpc) is 3.36. The fraction of sp³-hybridized carbons (Fsp3) is 0.750. The van der Waals surface area contributed by atoms with Crippen molar-refractivity contribution < 1.29 is 0 Å². The van der Waals surface area contributed by atoms with Gasteiger partial charge in [0, 0.05) is 11.8 Å². The van der Waals surface area contributed by atoms with Gasteiger partial charge >= 0.3 is 0 Å². The number of nitrogens with one attached hydrogen (secondary N) is 2. The maximum absolute atomic E-state index is 6.13. The van der Waals surface area contributed by atoms with Gasteiger partial charge in [-0.3, -0.25) is 10.3 Å². The summed E-state index contributed by atoms with van der Waals surface area (Å²) in [7, 11) is -3.69. The summed E-state index contributed by atoms with van der Waals surface area (Å²) in [6.07, 6.45) is 63.2. The average molecular weight is 913 g/mol. The molecule has 65 heavy (non-hydrogen) atoms. The summed E-state index contributed by atoms with van der Waals surface area (Å²) in [6, 6.07) is 4.90. The Labute approximate surface area is 400 Å². The monoisotopic (exact) mass is 912 g/mol. The molecular weight excluding hydrogens is 819 g/mol. The van der Waals surface area contributed by atoms with Gasteiger partial charge in [-0.05, 0) is 167 Å². The summed E-state index contributed by atoms with van der Waals surface area (Å²) in [5.41, 5.74) is 11.6. The van der Waals surface area contributed by atoms with E-state index in [2.05, 4.69) is 80.0 Å². The van der Waals surface area contributed by atoms with Crippen LogP contribution in [0, 0.1) is 32.6 Å². The molecule has 5 heteroatoms. The molecule has 0 bridgehead atoms. The largest absolute Gasteiger partial charge is 0.354 e. The lowest BCUT2D eigenvalue weighted by molar-refractivity contribution is 0.301. The second kappa shape index (κ2) is 21.4. The van der Waals surface area contributed by atoms with Crippen LogP contribution in [0.15, 0.2) is 64.0 Å². The maximum atomic E-state index is 6.13. The molecule has 8 unspecified atom stereocenters. The van der Waals surface area contributed by atoms with E-state index in [4.69, 9.17) is 4.99 Å². The summed E-state index contributed by atoms with van der Waals surface area (Å²) in [5.74, 6) is 2.47. The molecule has 4 saturated carbocycles. The van der Waals surface area contributed by atoms with Gasteiger partial charge in [0.25, 0.3) is 0 Å². The van der Waals surface area contributed by atoms with Gasteiger partial charge in [-0.25, -0.2) is 0 Å². The quantitative estimate of drug-likeness (QED) is 0.171. The number of amidine groups is 1. The van der Waals surface area contributed by atoms with Crippen LogP contribution in [0.2, 0.25) is 33.2 Å². The van der Waals surface area contributed by atoms with Gasteiger partial charge in [0.2, 0.25) is 0 Å². The predicted octanol–water partition coefficient (Wildman–Crippen LogP) is 17.5. The molecule has 0 saturated heterocycles. The first-order valence-corrected chi connectivity index (χ1v) is 33.3. The number of benzene rings is 1. The molecule has 8 atom stereocenters. The van der Waals surface area contributed by atoms with Crippen molar-refractivity contribution >= 4 is 22.0 Å². The molecule has 4 fully saturated rings. The minimum absolute atomic E-state index is 0.122. The molecule has 1 heterocycles. The van der Waals surface area contributed by atoms with Crippen molar-refractivity contribution in [2.24, 2.45) is 16.8 Å². The van der Waals surface area contributed by atoms with Crippen LogP contribution in [0.4, 0.5) is 0 Å². The van der Waals surface area contributed by atoms with Crippen LogP contribution in [-0.4, -0.2) is 28.1 Å². The van der Waals surface area contributed by atoms with Crippen LogP contribution in [0.5, 0.6) is 0 Å². The van der Waals surface area contributed by atoms with Crippen molar-refractivity contribution in [1.82, 2.24) is 10.6 Å². The summed E-state index contributed by atoms with van der Waals surface area (Å²) < 4.78 is 0. The zero-order valence-corrected chi connectivity index (χ0v) is 44.0. The van der Waals surface area contributed by atoms with Crippen molar-refractivity contribution in [3.63, 3.8) is 0 Å². The number of allylic oxidation sites excluding steroid dienone is 7. The molecule has 1 aromatic rings. The highest BCUT2D eigenvalue weighted by molar-refractivity contribution is 6.95. The van der Waals surface area contributed by atoms with E-state index in [1.165, 1.54) is 208 Å². The Balaban J connectivity index is 1.05. The molecule has 0 radical (unpaired) electrons. The molecule has 10 rings (SSSR count). The van der Waals surface area contributed by atoms with Crippen LogP contribution in [0.25, 0.3) is 0 Å². The van der Waals surface area contributed by atoms with Gasteiger partial charge in [0.15, 0.2) is 0 Å². The van der Waals surface area contributed by atoms with E-state index in [-0.39, 0.29) is 12.3 Å². The lowest BCUT2D eigenvalue weighted by atomic mass is 9.86. The van der Waals surface area contributed by atoms with Crippen LogP contribution in [0.3, 0.4) is 0 Å². The van der Waals surface area contributed by atoms with Gasteiger partial charge in [-0.1, -0.05) is 174 Å². The second-order valence-electron chi connectivity index (χ2n) is 24.1. The first-order valence-electron chi connectivity index (χ1n) is 28.9. The van der Waals surface area contributed by atoms with Crippen molar-refractivity contribution in [3.05, 3.63) is 81.2 Å². The van der Waals surface area contributed by atoms with Crippen molar-refractivity contribution in [3.8, 4) is 0 Å². The van der Waals surface area contributed by atoms with Gasteiger partial charge < -0.3 is 5.32 Å². The Hall–Kier alpha value is -1.96. The topological polar surface area (TPSA) is 36.4 Å². The number of rotatable bonds is 11. The zero-order valence-electron chi connectivity index (χ0n) is 42.0. The number of aryl methyl sites for hydroxylation is 3. The summed E-state index contributed by atoms with van der Waals surface area (Å²) in [5, 5.41) is 12.7. The SMILES string of the molecule is Cc1cc(C)c(C2NC(C3CCCC([Si](C4C=CCCC4)(C4CCCCC4)C4CCCCC4)C3)=NC(C3C=C([Si](C4=CCCCC4)(C4CC=CCC4)C4CCCCC4)CCC3)N2)c(C)c1. The predicted molar refractivity (Wildman–Crippen MR) is 284 cm³/mol. The van der Waals surface area contributed by atoms with E-state index in [9.17, 15) is 0 Å². The lowest BCUT2D eigenvalue weighted by Gasteiger charge is -2.58. The molecule has 3 nitrogen and oxygen atoms in total. The third kappa shape index (κ3) is 9.43. The number of aliphatic imine (C=N–C) groups is 1. The van der Waals surface area contributed by atoms with Crippen LogP contribution in [-0.2, 0) is 0 Å². The number of hydrogen-bond donors (Lipinski definition) is 2. The van der Waals surface area contributed by atoms with Crippen LogP contribution >= 0.6 is 0 Å². The fourth-order valence-electron chi connectivity index (χ4n) is 18.2. The second-order valence-corrected chi connectivity index (χ2v) is 34.0. The summed E-state index contributed by atoms with van der Waals surface area (Å²) in [6.45, 7) is 7.07. The van der Waals surface area contributed by atoms with Crippen LogP contribution in [0.1, 0.15) is 234 Å². The third-order valence-corrected chi connectivity index (χ3v) is 34.9. The molecule has 9 aliphatic rings. The van der Waals surface area contributed by atoms with Crippen molar-refractivity contribution in [1.29, 1.82) is 0 Å². The van der Waals surface area contributed by atoms with E-state index in [0.717, 1.165) is 33.2 Å². The van der Waals surface area contributed by atoms with E-state index < -0.39 is 16.1 Å². The van der Waals surface area contributed by atoms with Gasteiger partial charge in [0.1, 0.15) is 26.2 Å². The van der Waals surface area contributed by atoms with Crippen LogP contribution < -0.4 is 10.6 Å². The molecule has 8 aliphatic carbocycles. The van der Waals surface area contributed by atoms with E-state index in [1.54, 1.807) is 25.7 Å². The lowest BCUT2D eigenvalue weighted by Crippen LogP contribution is -2.57. The first kappa shape index (κ1) is 46.8. The minimum Gasteiger partial charge on any atom is -0.354 e. The zero-order chi connectivity index (χ0) is 44.2. The number of nitrogens with zero attached hydrogens (tertiary/aromatic N) is 1. The highest BCUT2D eigenvalue weighted by Crippen LogP contribution is 2.64. The summed E-state index contributed by atoms with van der Waals surface area (Å²) in [4.78, 5) is 6.13. The van der Waals surface area contributed by atoms with Crippen molar-refractivity contribution in [2.45, 2.75) is 272 Å². The highest BCUT2D eigenvalue weighted by Gasteiger charge is 2.58. The maximum Gasteiger partial charge on any atom is 0.114 e.